The number of aromatic nitrogens is 3. The minimum absolute atomic E-state index is 0.448. The molecule has 1 atom stereocenters. The normalized spacial score (nSPS) is 20.2. The summed E-state index contributed by atoms with van der Waals surface area (Å²) in [6.07, 6.45) is 11.2. The van der Waals surface area contributed by atoms with Gasteiger partial charge in [-0.05, 0) is 43.2 Å². The molecule has 1 unspecified atom stereocenters. The summed E-state index contributed by atoms with van der Waals surface area (Å²) in [5.41, 5.74) is 2.98. The van der Waals surface area contributed by atoms with Gasteiger partial charge in [0, 0.05) is 25.0 Å². The van der Waals surface area contributed by atoms with E-state index in [9.17, 15) is 0 Å². The predicted molar refractivity (Wildman–Crippen MR) is 112 cm³/mol. The molecule has 0 bridgehead atoms. The number of benzene rings is 1. The molecule has 1 fully saturated rings. The van der Waals surface area contributed by atoms with Crippen molar-refractivity contribution in [1.82, 2.24) is 25.4 Å². The van der Waals surface area contributed by atoms with E-state index in [1.807, 2.05) is 6.33 Å². The van der Waals surface area contributed by atoms with E-state index in [1.165, 1.54) is 36.8 Å². The van der Waals surface area contributed by atoms with Gasteiger partial charge in [0.05, 0.1) is 6.54 Å². The Bertz CT molecular complexity index is 790. The lowest BCUT2D eigenvalue weighted by molar-refractivity contribution is 0.508. The van der Waals surface area contributed by atoms with E-state index in [4.69, 9.17) is 4.99 Å². The highest BCUT2D eigenvalue weighted by atomic mass is 15.3. The Balaban J connectivity index is 1.40. The van der Waals surface area contributed by atoms with Crippen molar-refractivity contribution in [2.75, 3.05) is 6.54 Å². The Labute approximate surface area is 167 Å². The Hall–Kier alpha value is -2.37. The molecule has 4 rings (SSSR count). The second-order valence-electron chi connectivity index (χ2n) is 8.00. The van der Waals surface area contributed by atoms with Crippen molar-refractivity contribution in [3.8, 4) is 0 Å². The monoisotopic (exact) mass is 380 g/mol. The number of aryl methyl sites for hydroxylation is 2. The first-order chi connectivity index (χ1) is 13.8. The first-order valence-corrected chi connectivity index (χ1v) is 10.8. The van der Waals surface area contributed by atoms with Gasteiger partial charge >= 0.3 is 0 Å². The van der Waals surface area contributed by atoms with Crippen LogP contribution in [0, 0.1) is 0 Å². The fourth-order valence-electron chi connectivity index (χ4n) is 4.42. The van der Waals surface area contributed by atoms with Gasteiger partial charge in [0.1, 0.15) is 12.2 Å². The van der Waals surface area contributed by atoms with Gasteiger partial charge in [-0.15, -0.1) is 10.2 Å². The smallest absolute Gasteiger partial charge is 0.191 e. The van der Waals surface area contributed by atoms with Crippen molar-refractivity contribution in [3.05, 3.63) is 47.5 Å². The van der Waals surface area contributed by atoms with Crippen LogP contribution in [0.4, 0.5) is 0 Å². The van der Waals surface area contributed by atoms with Crippen LogP contribution < -0.4 is 10.6 Å². The summed E-state index contributed by atoms with van der Waals surface area (Å²) < 4.78 is 2.10. The fourth-order valence-corrected chi connectivity index (χ4v) is 4.42. The number of guanidine groups is 1. The quantitative estimate of drug-likeness (QED) is 0.597. The van der Waals surface area contributed by atoms with E-state index < -0.39 is 0 Å². The summed E-state index contributed by atoms with van der Waals surface area (Å²) in [5.74, 6) is 2.00. The molecule has 1 heterocycles. The molecule has 0 saturated heterocycles. The van der Waals surface area contributed by atoms with Gasteiger partial charge in [0.15, 0.2) is 5.96 Å². The Morgan fingerprint density at radius 2 is 1.89 bits per heavy atom. The highest BCUT2D eigenvalue weighted by Crippen LogP contribution is 2.21. The lowest BCUT2D eigenvalue weighted by Crippen LogP contribution is -2.48. The molecule has 0 radical (unpaired) electrons. The van der Waals surface area contributed by atoms with E-state index >= 15 is 0 Å². The van der Waals surface area contributed by atoms with E-state index in [-0.39, 0.29) is 0 Å². The van der Waals surface area contributed by atoms with Crippen LogP contribution in [0.25, 0.3) is 0 Å². The molecule has 2 aromatic rings. The number of rotatable bonds is 6. The Morgan fingerprint density at radius 1 is 1.11 bits per heavy atom. The molecule has 6 nitrogen and oxygen atoms in total. The SMILES string of the molecule is CCc1nncn1CCN=C(NC1CCCC1)NC1CCc2ccccc2C1. The van der Waals surface area contributed by atoms with Crippen molar-refractivity contribution >= 4 is 5.96 Å². The Morgan fingerprint density at radius 3 is 2.71 bits per heavy atom. The summed E-state index contributed by atoms with van der Waals surface area (Å²) in [6, 6.07) is 9.84. The maximum atomic E-state index is 4.91. The maximum absolute atomic E-state index is 4.91. The van der Waals surface area contributed by atoms with Gasteiger partial charge in [-0.1, -0.05) is 44.0 Å². The van der Waals surface area contributed by atoms with Crippen molar-refractivity contribution in [1.29, 1.82) is 0 Å². The molecule has 2 aliphatic rings. The molecule has 1 aromatic carbocycles. The van der Waals surface area contributed by atoms with Gasteiger partial charge in [0.25, 0.3) is 0 Å². The maximum Gasteiger partial charge on any atom is 0.191 e. The summed E-state index contributed by atoms with van der Waals surface area (Å²) in [6.45, 7) is 3.66. The zero-order chi connectivity index (χ0) is 19.2. The number of aliphatic imine (C=N–C) groups is 1. The van der Waals surface area contributed by atoms with Crippen molar-refractivity contribution in [2.24, 2.45) is 4.99 Å². The second kappa shape index (κ2) is 9.22. The standard InChI is InChI=1S/C22H32N6/c1-2-21-27-24-16-28(21)14-13-23-22(25-19-9-5-6-10-19)26-20-12-11-17-7-3-4-8-18(17)15-20/h3-4,7-8,16,19-20H,2,5-6,9-15H2,1H3,(H2,23,25,26). The number of hydrogen-bond donors (Lipinski definition) is 2. The van der Waals surface area contributed by atoms with Crippen LogP contribution in [0.2, 0.25) is 0 Å². The number of hydrogen-bond acceptors (Lipinski definition) is 3. The zero-order valence-electron chi connectivity index (χ0n) is 16.9. The number of fused-ring (bicyclic) bond motifs is 1. The summed E-state index contributed by atoms with van der Waals surface area (Å²) >= 11 is 0. The van der Waals surface area contributed by atoms with Gasteiger partial charge < -0.3 is 15.2 Å². The minimum Gasteiger partial charge on any atom is -0.354 e. The van der Waals surface area contributed by atoms with Crippen LogP contribution in [0.15, 0.2) is 35.6 Å². The molecule has 1 saturated carbocycles. The predicted octanol–water partition coefficient (Wildman–Crippen LogP) is 2.88. The van der Waals surface area contributed by atoms with Crippen LogP contribution >= 0.6 is 0 Å². The average Bonchev–Trinajstić information content (AvgIpc) is 3.39. The fraction of sp³-hybridized carbons (Fsp3) is 0.591. The molecular weight excluding hydrogens is 348 g/mol. The van der Waals surface area contributed by atoms with Crippen molar-refractivity contribution < 1.29 is 0 Å². The van der Waals surface area contributed by atoms with Crippen LogP contribution in [-0.4, -0.2) is 39.4 Å². The van der Waals surface area contributed by atoms with E-state index in [1.54, 1.807) is 0 Å². The molecule has 0 spiro atoms. The molecule has 1 aromatic heterocycles. The van der Waals surface area contributed by atoms with Crippen LogP contribution in [0.5, 0.6) is 0 Å². The summed E-state index contributed by atoms with van der Waals surface area (Å²) in [5, 5.41) is 15.6. The molecule has 2 aliphatic carbocycles. The number of nitrogens with one attached hydrogen (secondary N) is 2. The van der Waals surface area contributed by atoms with E-state index in [0.29, 0.717) is 12.1 Å². The van der Waals surface area contributed by atoms with E-state index in [2.05, 4.69) is 56.6 Å². The van der Waals surface area contributed by atoms with Gasteiger partial charge in [-0.2, -0.15) is 0 Å². The minimum atomic E-state index is 0.448. The average molecular weight is 381 g/mol. The largest absolute Gasteiger partial charge is 0.354 e. The van der Waals surface area contributed by atoms with Crippen LogP contribution in [0.3, 0.4) is 0 Å². The van der Waals surface area contributed by atoms with Gasteiger partial charge in [-0.25, -0.2) is 0 Å². The van der Waals surface area contributed by atoms with Crippen molar-refractivity contribution in [2.45, 2.75) is 76.9 Å². The molecule has 6 heteroatoms. The topological polar surface area (TPSA) is 67.1 Å². The first-order valence-electron chi connectivity index (χ1n) is 10.8. The highest BCUT2D eigenvalue weighted by Gasteiger charge is 2.21. The highest BCUT2D eigenvalue weighted by molar-refractivity contribution is 5.80. The van der Waals surface area contributed by atoms with Crippen molar-refractivity contribution in [3.63, 3.8) is 0 Å². The Kier molecular flexibility index (Phi) is 6.24. The zero-order valence-corrected chi connectivity index (χ0v) is 16.9. The summed E-state index contributed by atoms with van der Waals surface area (Å²) in [4.78, 5) is 4.91. The molecule has 2 N–H and O–H groups in total. The summed E-state index contributed by atoms with van der Waals surface area (Å²) in [7, 11) is 0. The van der Waals surface area contributed by atoms with Gasteiger partial charge in [0.2, 0.25) is 0 Å². The number of nitrogens with zero attached hydrogens (tertiary/aromatic N) is 4. The molecule has 0 amide bonds. The lowest BCUT2D eigenvalue weighted by atomic mass is 9.88. The van der Waals surface area contributed by atoms with Gasteiger partial charge in [-0.3, -0.25) is 4.99 Å². The lowest BCUT2D eigenvalue weighted by Gasteiger charge is -2.28. The molecule has 150 valence electrons. The second-order valence-corrected chi connectivity index (χ2v) is 8.00. The van der Waals surface area contributed by atoms with Crippen LogP contribution in [0.1, 0.15) is 56.0 Å². The third-order valence-electron chi connectivity index (χ3n) is 6.01. The molecule has 0 aliphatic heterocycles. The van der Waals surface area contributed by atoms with Crippen LogP contribution in [-0.2, 0) is 25.8 Å². The molecular formula is C22H32N6. The molecule has 28 heavy (non-hydrogen) atoms. The first kappa shape index (κ1) is 19.0. The van der Waals surface area contributed by atoms with E-state index in [0.717, 1.165) is 50.6 Å². The third-order valence-corrected chi connectivity index (χ3v) is 6.01. The third kappa shape index (κ3) is 4.72.